The lowest BCUT2D eigenvalue weighted by Gasteiger charge is -2.23. The fourth-order valence-electron chi connectivity index (χ4n) is 3.37. The molecule has 1 unspecified atom stereocenters. The second kappa shape index (κ2) is 6.15. The Morgan fingerprint density at radius 1 is 1.35 bits per heavy atom. The molecule has 20 heavy (non-hydrogen) atoms. The second-order valence-electron chi connectivity index (χ2n) is 5.87. The Hall–Kier alpha value is -1.06. The fourth-order valence-corrected chi connectivity index (χ4v) is 3.37. The van der Waals surface area contributed by atoms with Crippen molar-refractivity contribution in [1.29, 1.82) is 0 Å². The van der Waals surface area contributed by atoms with E-state index in [1.807, 2.05) is 18.2 Å². The lowest BCUT2D eigenvalue weighted by Crippen LogP contribution is -2.31. The van der Waals surface area contributed by atoms with E-state index < -0.39 is 0 Å². The number of aryl methyl sites for hydroxylation is 1. The van der Waals surface area contributed by atoms with E-state index in [-0.39, 0.29) is 24.2 Å². The zero-order valence-electron chi connectivity index (χ0n) is 11.9. The molecule has 110 valence electrons. The standard InChI is InChI=1S/C16H22N2O.ClH/c1-2-12-5-3-4-6-14(12)18-15(19)13-11-16(13)7-9-17-10-8-16;/h3-6,13,17H,2,7-11H2,1H3,(H,18,19);1H. The molecule has 3 nitrogen and oxygen atoms in total. The van der Waals surface area contributed by atoms with E-state index in [4.69, 9.17) is 0 Å². The number of benzene rings is 1. The highest BCUT2D eigenvalue weighted by Gasteiger charge is 2.57. The van der Waals surface area contributed by atoms with Crippen LogP contribution < -0.4 is 10.6 Å². The van der Waals surface area contributed by atoms with Crippen LogP contribution >= 0.6 is 12.4 Å². The molecule has 1 aromatic carbocycles. The summed E-state index contributed by atoms with van der Waals surface area (Å²) in [4.78, 5) is 12.4. The van der Waals surface area contributed by atoms with Gasteiger partial charge < -0.3 is 10.6 Å². The van der Waals surface area contributed by atoms with Gasteiger partial charge in [0.15, 0.2) is 0 Å². The van der Waals surface area contributed by atoms with Gasteiger partial charge in [-0.15, -0.1) is 12.4 Å². The van der Waals surface area contributed by atoms with Gasteiger partial charge in [-0.25, -0.2) is 0 Å². The average Bonchev–Trinajstić information content (AvgIpc) is 3.14. The third-order valence-electron chi connectivity index (χ3n) is 4.76. The van der Waals surface area contributed by atoms with Crippen LogP contribution in [0.4, 0.5) is 5.69 Å². The van der Waals surface area contributed by atoms with Crippen LogP contribution in [-0.2, 0) is 11.2 Å². The summed E-state index contributed by atoms with van der Waals surface area (Å²) in [6, 6.07) is 8.11. The molecule has 1 saturated heterocycles. The number of amides is 1. The topological polar surface area (TPSA) is 41.1 Å². The quantitative estimate of drug-likeness (QED) is 0.900. The maximum absolute atomic E-state index is 12.4. The molecule has 1 heterocycles. The number of hydrogen-bond donors (Lipinski definition) is 2. The van der Waals surface area contributed by atoms with Crippen LogP contribution in [0.1, 0.15) is 31.7 Å². The van der Waals surface area contributed by atoms with Crippen LogP contribution in [0.5, 0.6) is 0 Å². The van der Waals surface area contributed by atoms with Crippen LogP contribution in [0.3, 0.4) is 0 Å². The SMILES string of the molecule is CCc1ccccc1NC(=O)C1CC12CCNCC2.Cl. The molecule has 3 rings (SSSR count). The van der Waals surface area contributed by atoms with E-state index >= 15 is 0 Å². The molecule has 4 heteroatoms. The van der Waals surface area contributed by atoms with E-state index in [0.29, 0.717) is 5.41 Å². The number of piperidine rings is 1. The highest BCUT2D eigenvalue weighted by Crippen LogP contribution is 2.58. The minimum atomic E-state index is 0. The Kier molecular flexibility index (Phi) is 4.71. The number of hydrogen-bond acceptors (Lipinski definition) is 2. The molecule has 1 atom stereocenters. The monoisotopic (exact) mass is 294 g/mol. The summed E-state index contributed by atoms with van der Waals surface area (Å²) in [6.45, 7) is 4.25. The first-order valence-corrected chi connectivity index (χ1v) is 7.35. The Bertz CT molecular complexity index is 483. The third-order valence-corrected chi connectivity index (χ3v) is 4.76. The van der Waals surface area contributed by atoms with Crippen LogP contribution in [-0.4, -0.2) is 19.0 Å². The number of nitrogens with one attached hydrogen (secondary N) is 2. The van der Waals surface area contributed by atoms with Crippen molar-refractivity contribution in [1.82, 2.24) is 5.32 Å². The number of carbonyl (C=O) groups is 1. The molecule has 1 spiro atoms. The minimum absolute atomic E-state index is 0. The van der Waals surface area contributed by atoms with Gasteiger partial charge in [0.1, 0.15) is 0 Å². The molecular formula is C16H23ClN2O. The zero-order valence-corrected chi connectivity index (χ0v) is 12.8. The number of rotatable bonds is 3. The van der Waals surface area contributed by atoms with E-state index in [0.717, 1.165) is 44.5 Å². The molecule has 1 aromatic rings. The van der Waals surface area contributed by atoms with E-state index in [1.54, 1.807) is 0 Å². The summed E-state index contributed by atoms with van der Waals surface area (Å²) in [6.07, 6.45) is 4.34. The predicted molar refractivity (Wildman–Crippen MR) is 84.3 cm³/mol. The lowest BCUT2D eigenvalue weighted by atomic mass is 9.91. The summed E-state index contributed by atoms with van der Waals surface area (Å²) >= 11 is 0. The van der Waals surface area contributed by atoms with Crippen LogP contribution in [0, 0.1) is 11.3 Å². The average molecular weight is 295 g/mol. The number of anilines is 1. The van der Waals surface area contributed by atoms with Gasteiger partial charge in [0.2, 0.25) is 5.91 Å². The van der Waals surface area contributed by atoms with Gasteiger partial charge in [-0.05, 0) is 55.8 Å². The van der Waals surface area contributed by atoms with Gasteiger partial charge in [-0.1, -0.05) is 25.1 Å². The van der Waals surface area contributed by atoms with Crippen molar-refractivity contribution in [3.63, 3.8) is 0 Å². The van der Waals surface area contributed by atoms with Gasteiger partial charge in [0.05, 0.1) is 0 Å². The largest absolute Gasteiger partial charge is 0.326 e. The van der Waals surface area contributed by atoms with Crippen LogP contribution in [0.2, 0.25) is 0 Å². The number of halogens is 1. The smallest absolute Gasteiger partial charge is 0.228 e. The van der Waals surface area contributed by atoms with Gasteiger partial charge in [0.25, 0.3) is 0 Å². The Morgan fingerprint density at radius 2 is 2.05 bits per heavy atom. The molecule has 0 bridgehead atoms. The Morgan fingerprint density at radius 3 is 2.75 bits per heavy atom. The van der Waals surface area contributed by atoms with E-state index in [1.165, 1.54) is 5.56 Å². The van der Waals surface area contributed by atoms with Crippen molar-refractivity contribution in [3.05, 3.63) is 29.8 Å². The Labute approximate surface area is 126 Å². The second-order valence-corrected chi connectivity index (χ2v) is 5.87. The predicted octanol–water partition coefficient (Wildman–Crippen LogP) is 3.00. The summed E-state index contributed by atoms with van der Waals surface area (Å²) in [5.74, 6) is 0.460. The van der Waals surface area contributed by atoms with E-state index in [2.05, 4.69) is 23.6 Å². The minimum Gasteiger partial charge on any atom is -0.326 e. The van der Waals surface area contributed by atoms with Crippen molar-refractivity contribution in [3.8, 4) is 0 Å². The lowest BCUT2D eigenvalue weighted by molar-refractivity contribution is -0.118. The van der Waals surface area contributed by atoms with Crippen molar-refractivity contribution >= 4 is 24.0 Å². The highest BCUT2D eigenvalue weighted by molar-refractivity contribution is 5.95. The van der Waals surface area contributed by atoms with Gasteiger partial charge in [0, 0.05) is 11.6 Å². The third kappa shape index (κ3) is 2.84. The van der Waals surface area contributed by atoms with Crippen molar-refractivity contribution < 1.29 is 4.79 Å². The normalized spacial score (nSPS) is 22.9. The molecule has 1 saturated carbocycles. The molecule has 0 radical (unpaired) electrons. The molecule has 1 amide bonds. The Balaban J connectivity index is 0.00000147. The first-order valence-electron chi connectivity index (χ1n) is 7.35. The maximum atomic E-state index is 12.4. The summed E-state index contributed by atoms with van der Waals surface area (Å²) in [7, 11) is 0. The summed E-state index contributed by atoms with van der Waals surface area (Å²) in [5, 5.41) is 6.51. The van der Waals surface area contributed by atoms with Gasteiger partial charge in [-0.3, -0.25) is 4.79 Å². The van der Waals surface area contributed by atoms with Gasteiger partial charge >= 0.3 is 0 Å². The fraction of sp³-hybridized carbons (Fsp3) is 0.562. The number of para-hydroxylation sites is 1. The van der Waals surface area contributed by atoms with Crippen molar-refractivity contribution in [2.24, 2.45) is 11.3 Å². The summed E-state index contributed by atoms with van der Waals surface area (Å²) < 4.78 is 0. The number of carbonyl (C=O) groups excluding carboxylic acids is 1. The highest BCUT2D eigenvalue weighted by atomic mass is 35.5. The summed E-state index contributed by atoms with van der Waals surface area (Å²) in [5.41, 5.74) is 2.53. The van der Waals surface area contributed by atoms with Crippen LogP contribution in [0.15, 0.2) is 24.3 Å². The molecule has 1 aliphatic carbocycles. The molecule has 2 aliphatic rings. The first-order chi connectivity index (χ1) is 9.25. The molecule has 2 N–H and O–H groups in total. The van der Waals surface area contributed by atoms with E-state index in [9.17, 15) is 4.79 Å². The molecule has 2 fully saturated rings. The van der Waals surface area contributed by atoms with Crippen molar-refractivity contribution in [2.45, 2.75) is 32.6 Å². The molecule has 1 aliphatic heterocycles. The zero-order chi connectivity index (χ0) is 13.3. The van der Waals surface area contributed by atoms with Crippen LogP contribution in [0.25, 0.3) is 0 Å². The van der Waals surface area contributed by atoms with Gasteiger partial charge in [-0.2, -0.15) is 0 Å². The molecule has 0 aromatic heterocycles. The first kappa shape index (κ1) is 15.3. The molecular weight excluding hydrogens is 272 g/mol. The maximum Gasteiger partial charge on any atom is 0.228 e. The van der Waals surface area contributed by atoms with Crippen molar-refractivity contribution in [2.75, 3.05) is 18.4 Å².